The van der Waals surface area contributed by atoms with Crippen LogP contribution in [0, 0.1) is 0 Å². The Kier molecular flexibility index (Phi) is 6.96. The van der Waals surface area contributed by atoms with Crippen molar-refractivity contribution in [2.24, 2.45) is 0 Å². The molecule has 0 unspecified atom stereocenters. The maximum atomic E-state index is 13.0. The summed E-state index contributed by atoms with van der Waals surface area (Å²) in [5, 5.41) is 1.73. The monoisotopic (exact) mass is 522 g/mol. The van der Waals surface area contributed by atoms with E-state index in [2.05, 4.69) is 58.3 Å². The summed E-state index contributed by atoms with van der Waals surface area (Å²) in [5.74, 6) is 0.950. The molecule has 0 aromatic heterocycles. The molecule has 6 heteroatoms. The van der Waals surface area contributed by atoms with Gasteiger partial charge in [-0.2, -0.15) is 0 Å². The largest absolute Gasteiger partial charge is 0.497 e. The van der Waals surface area contributed by atoms with E-state index in [4.69, 9.17) is 14.2 Å². The minimum atomic E-state index is -0.925. The summed E-state index contributed by atoms with van der Waals surface area (Å²) in [4.78, 5) is 17.2. The lowest BCUT2D eigenvalue weighted by atomic mass is 9.82. The zero-order chi connectivity index (χ0) is 27.7. The van der Waals surface area contributed by atoms with Gasteiger partial charge < -0.3 is 24.0 Å². The molecule has 4 aromatic rings. The number of benzene rings is 4. The van der Waals surface area contributed by atoms with Gasteiger partial charge in [-0.1, -0.05) is 30.3 Å². The van der Waals surface area contributed by atoms with Gasteiger partial charge in [-0.3, -0.25) is 0 Å². The summed E-state index contributed by atoms with van der Waals surface area (Å²) in [5.41, 5.74) is 4.38. The first-order chi connectivity index (χ1) is 18.8. The van der Waals surface area contributed by atoms with E-state index >= 15 is 0 Å². The standard InChI is InChI=1S/C33H34N2O4/c1-7-38-32(36)30-20-22-8-17-27(37-6)21-29(22)31-28(30)18-19-33(39-31,23-9-13-25(14-10-23)34(2)3)24-11-15-26(16-12-24)35(4)5/h8-21H,7H2,1-6H3. The Hall–Kier alpha value is -4.45. The first-order valence-corrected chi connectivity index (χ1v) is 13.0. The van der Waals surface area contributed by atoms with E-state index in [-0.39, 0.29) is 5.97 Å². The molecule has 4 aromatic carbocycles. The van der Waals surface area contributed by atoms with Crippen LogP contribution in [-0.4, -0.2) is 47.9 Å². The molecule has 6 nitrogen and oxygen atoms in total. The highest BCUT2D eigenvalue weighted by Gasteiger charge is 2.39. The Balaban J connectivity index is 1.77. The van der Waals surface area contributed by atoms with Crippen LogP contribution in [0.3, 0.4) is 0 Å². The molecule has 0 saturated carbocycles. The average Bonchev–Trinajstić information content (AvgIpc) is 2.96. The van der Waals surface area contributed by atoms with Crippen molar-refractivity contribution in [3.05, 3.63) is 101 Å². The molecule has 0 N–H and O–H groups in total. The number of hydrogen-bond acceptors (Lipinski definition) is 6. The zero-order valence-corrected chi connectivity index (χ0v) is 23.3. The zero-order valence-electron chi connectivity index (χ0n) is 23.3. The fourth-order valence-electron chi connectivity index (χ4n) is 5.03. The van der Waals surface area contributed by atoms with Gasteiger partial charge in [0.2, 0.25) is 0 Å². The number of nitrogens with zero attached hydrogens (tertiary/aromatic N) is 2. The third kappa shape index (κ3) is 4.67. The molecule has 0 amide bonds. The van der Waals surface area contributed by atoms with Crippen molar-refractivity contribution >= 4 is 34.2 Å². The summed E-state index contributed by atoms with van der Waals surface area (Å²) in [6.07, 6.45) is 4.03. The fraction of sp³-hybridized carbons (Fsp3) is 0.242. The first-order valence-electron chi connectivity index (χ1n) is 13.0. The maximum absolute atomic E-state index is 13.0. The average molecular weight is 523 g/mol. The lowest BCUT2D eigenvalue weighted by molar-refractivity contribution is 0.0525. The highest BCUT2D eigenvalue weighted by atomic mass is 16.5. The van der Waals surface area contributed by atoms with Gasteiger partial charge in [0.25, 0.3) is 0 Å². The molecular weight excluding hydrogens is 488 g/mol. The van der Waals surface area contributed by atoms with Crippen LogP contribution >= 0.6 is 0 Å². The second-order valence-corrected chi connectivity index (χ2v) is 10.0. The number of fused-ring (bicyclic) bond motifs is 3. The van der Waals surface area contributed by atoms with E-state index in [0.717, 1.165) is 33.3 Å². The molecule has 0 fully saturated rings. The normalized spacial score (nSPS) is 13.4. The van der Waals surface area contributed by atoms with Crippen LogP contribution in [0.15, 0.2) is 78.9 Å². The molecule has 1 heterocycles. The molecule has 0 atom stereocenters. The molecule has 0 radical (unpaired) electrons. The molecule has 0 spiro atoms. The lowest BCUT2D eigenvalue weighted by Crippen LogP contribution is -2.35. The van der Waals surface area contributed by atoms with Crippen LogP contribution in [-0.2, 0) is 10.3 Å². The number of esters is 1. The second kappa shape index (κ2) is 10.4. The quantitative estimate of drug-likeness (QED) is 0.258. The van der Waals surface area contributed by atoms with E-state index < -0.39 is 5.60 Å². The van der Waals surface area contributed by atoms with Crippen LogP contribution in [0.4, 0.5) is 11.4 Å². The topological polar surface area (TPSA) is 51.2 Å². The smallest absolute Gasteiger partial charge is 0.338 e. The number of rotatable bonds is 7. The molecule has 0 saturated heterocycles. The summed E-state index contributed by atoms with van der Waals surface area (Å²) in [6.45, 7) is 2.10. The van der Waals surface area contributed by atoms with E-state index in [1.807, 2.05) is 71.5 Å². The van der Waals surface area contributed by atoms with Crippen LogP contribution in [0.1, 0.15) is 34.0 Å². The van der Waals surface area contributed by atoms with Gasteiger partial charge in [-0.05, 0) is 66.9 Å². The molecule has 1 aliphatic heterocycles. The van der Waals surface area contributed by atoms with Gasteiger partial charge in [-0.25, -0.2) is 4.79 Å². The van der Waals surface area contributed by atoms with Crippen molar-refractivity contribution in [3.63, 3.8) is 0 Å². The van der Waals surface area contributed by atoms with Gasteiger partial charge in [-0.15, -0.1) is 0 Å². The number of anilines is 2. The Morgan fingerprint density at radius 1 is 0.846 bits per heavy atom. The van der Waals surface area contributed by atoms with Gasteiger partial charge in [0.05, 0.1) is 19.3 Å². The molecule has 0 bridgehead atoms. The van der Waals surface area contributed by atoms with Crippen molar-refractivity contribution in [1.82, 2.24) is 0 Å². The third-order valence-electron chi connectivity index (χ3n) is 7.21. The van der Waals surface area contributed by atoms with Crippen LogP contribution in [0.5, 0.6) is 11.5 Å². The maximum Gasteiger partial charge on any atom is 0.338 e. The third-order valence-corrected chi connectivity index (χ3v) is 7.21. The Bertz CT molecular complexity index is 1490. The Labute approximate surface area is 230 Å². The van der Waals surface area contributed by atoms with Crippen molar-refractivity contribution in [3.8, 4) is 11.5 Å². The van der Waals surface area contributed by atoms with Crippen LogP contribution in [0.2, 0.25) is 0 Å². The lowest BCUT2D eigenvalue weighted by Gasteiger charge is -2.37. The summed E-state index contributed by atoms with van der Waals surface area (Å²) in [7, 11) is 9.73. The minimum Gasteiger partial charge on any atom is -0.497 e. The number of hydrogen-bond donors (Lipinski definition) is 0. The van der Waals surface area contributed by atoms with Crippen LogP contribution < -0.4 is 19.3 Å². The number of methoxy groups -OCH3 is 1. The molecule has 39 heavy (non-hydrogen) atoms. The van der Waals surface area contributed by atoms with Crippen molar-refractivity contribution < 1.29 is 19.0 Å². The first kappa shape index (κ1) is 26.2. The SMILES string of the molecule is CCOC(=O)c1cc2ccc(OC)cc2c2c1C=CC(c1ccc(N(C)C)cc1)(c1ccc(N(C)C)cc1)O2. The molecular formula is C33H34N2O4. The van der Waals surface area contributed by atoms with E-state index in [0.29, 0.717) is 29.2 Å². The van der Waals surface area contributed by atoms with Crippen LogP contribution in [0.25, 0.3) is 16.8 Å². The van der Waals surface area contributed by atoms with Crippen molar-refractivity contribution in [2.75, 3.05) is 51.7 Å². The summed E-state index contributed by atoms with van der Waals surface area (Å²) >= 11 is 0. The highest BCUT2D eigenvalue weighted by Crippen LogP contribution is 2.47. The fourth-order valence-corrected chi connectivity index (χ4v) is 5.03. The van der Waals surface area contributed by atoms with Crippen molar-refractivity contribution in [2.45, 2.75) is 12.5 Å². The second-order valence-electron chi connectivity index (χ2n) is 10.0. The highest BCUT2D eigenvalue weighted by molar-refractivity contribution is 6.04. The number of ether oxygens (including phenoxy) is 3. The Morgan fingerprint density at radius 3 is 1.95 bits per heavy atom. The predicted octanol–water partition coefficient (Wildman–Crippen LogP) is 6.51. The number of carbonyl (C=O) groups excluding carboxylic acids is 1. The van der Waals surface area contributed by atoms with E-state index in [1.54, 1.807) is 7.11 Å². The van der Waals surface area contributed by atoms with E-state index in [1.165, 1.54) is 0 Å². The molecule has 1 aliphatic rings. The van der Waals surface area contributed by atoms with E-state index in [9.17, 15) is 4.79 Å². The number of carbonyl (C=O) groups is 1. The van der Waals surface area contributed by atoms with Crippen molar-refractivity contribution in [1.29, 1.82) is 0 Å². The van der Waals surface area contributed by atoms with Gasteiger partial charge in [0, 0.05) is 61.6 Å². The summed E-state index contributed by atoms with van der Waals surface area (Å²) in [6, 6.07) is 24.4. The Morgan fingerprint density at radius 2 is 1.44 bits per heavy atom. The predicted molar refractivity (Wildman–Crippen MR) is 158 cm³/mol. The van der Waals surface area contributed by atoms with Gasteiger partial charge >= 0.3 is 5.97 Å². The van der Waals surface area contributed by atoms with Gasteiger partial charge in [0.15, 0.2) is 5.60 Å². The summed E-state index contributed by atoms with van der Waals surface area (Å²) < 4.78 is 18.1. The van der Waals surface area contributed by atoms with Gasteiger partial charge in [0.1, 0.15) is 11.5 Å². The molecule has 200 valence electrons. The minimum absolute atomic E-state index is 0.291. The molecule has 0 aliphatic carbocycles. The molecule has 5 rings (SSSR count).